The van der Waals surface area contributed by atoms with Gasteiger partial charge in [0.1, 0.15) is 17.0 Å². The Bertz CT molecular complexity index is 1710. The van der Waals surface area contributed by atoms with Gasteiger partial charge in [0.15, 0.2) is 11.6 Å². The first-order chi connectivity index (χ1) is 20.9. The van der Waals surface area contributed by atoms with Gasteiger partial charge in [-0.05, 0) is 73.7 Å². The van der Waals surface area contributed by atoms with E-state index >= 15 is 0 Å². The van der Waals surface area contributed by atoms with Gasteiger partial charge in [0.05, 0.1) is 11.6 Å². The van der Waals surface area contributed by atoms with Crippen LogP contribution in [0.5, 0.6) is 0 Å². The molecular weight excluding hydrogens is 534 g/mol. The van der Waals surface area contributed by atoms with Gasteiger partial charge < -0.3 is 5.11 Å². The fraction of sp³-hybridized carbons (Fsp3) is 0.216. The monoisotopic (exact) mass is 567 g/mol. The molecule has 1 aliphatic carbocycles. The molecule has 1 fully saturated rings. The number of carbonyl (C=O) groups is 2. The van der Waals surface area contributed by atoms with Crippen molar-refractivity contribution in [3.63, 3.8) is 0 Å². The molecule has 0 aliphatic heterocycles. The molecule has 3 aromatic heterocycles. The summed E-state index contributed by atoms with van der Waals surface area (Å²) in [5, 5.41) is 12.9. The summed E-state index contributed by atoms with van der Waals surface area (Å²) in [4.78, 5) is 42.7. The second kappa shape index (κ2) is 11.8. The van der Waals surface area contributed by atoms with Crippen molar-refractivity contribution in [2.75, 3.05) is 0 Å². The fourth-order valence-electron chi connectivity index (χ4n) is 6.63. The summed E-state index contributed by atoms with van der Waals surface area (Å²) in [7, 11) is 0. The minimum atomic E-state index is -1.71. The van der Waals surface area contributed by atoms with Crippen LogP contribution in [0.25, 0.3) is 0 Å². The lowest BCUT2D eigenvalue weighted by Gasteiger charge is -2.50. The number of rotatable bonds is 7. The van der Waals surface area contributed by atoms with E-state index in [1.54, 1.807) is 67.1 Å². The van der Waals surface area contributed by atoms with Gasteiger partial charge >= 0.3 is 0 Å². The predicted molar refractivity (Wildman–Crippen MR) is 165 cm³/mol. The molecule has 1 N–H and O–H groups in total. The maximum absolute atomic E-state index is 14.7. The van der Waals surface area contributed by atoms with Gasteiger partial charge in [-0.1, -0.05) is 77.9 Å². The number of nitrogens with zero attached hydrogens (tertiary/aromatic N) is 3. The number of aliphatic hydroxyl groups is 1. The summed E-state index contributed by atoms with van der Waals surface area (Å²) in [6.07, 6.45) is 4.92. The molecule has 6 heteroatoms. The molecular formula is C37H33N3O3. The van der Waals surface area contributed by atoms with Gasteiger partial charge in [-0.3, -0.25) is 24.5 Å². The van der Waals surface area contributed by atoms with Crippen molar-refractivity contribution in [3.05, 3.63) is 161 Å². The van der Waals surface area contributed by atoms with E-state index in [0.717, 1.165) is 22.3 Å². The van der Waals surface area contributed by atoms with E-state index < -0.39 is 29.3 Å². The van der Waals surface area contributed by atoms with Crippen molar-refractivity contribution in [3.8, 4) is 0 Å². The summed E-state index contributed by atoms with van der Waals surface area (Å²) < 4.78 is 0. The average Bonchev–Trinajstić information content (AvgIpc) is 3.05. The molecule has 0 bridgehead atoms. The molecule has 3 heterocycles. The largest absolute Gasteiger partial charge is 0.383 e. The van der Waals surface area contributed by atoms with E-state index in [-0.39, 0.29) is 23.7 Å². The van der Waals surface area contributed by atoms with Crippen LogP contribution in [0.3, 0.4) is 0 Å². The Morgan fingerprint density at radius 3 is 1.67 bits per heavy atom. The van der Waals surface area contributed by atoms with E-state index in [0.29, 0.717) is 11.4 Å². The Morgan fingerprint density at radius 1 is 0.651 bits per heavy atom. The lowest BCUT2D eigenvalue weighted by molar-refractivity contribution is -0.0722. The zero-order valence-electron chi connectivity index (χ0n) is 24.2. The summed E-state index contributed by atoms with van der Waals surface area (Å²) in [6, 6.07) is 31.8. The Balaban J connectivity index is 1.65. The number of pyridine rings is 3. The molecule has 0 amide bonds. The first-order valence-electron chi connectivity index (χ1n) is 14.5. The van der Waals surface area contributed by atoms with Gasteiger partial charge in [0.2, 0.25) is 0 Å². The van der Waals surface area contributed by atoms with Gasteiger partial charge in [-0.15, -0.1) is 0 Å². The first-order valence-corrected chi connectivity index (χ1v) is 14.5. The highest BCUT2D eigenvalue weighted by Crippen LogP contribution is 2.58. The van der Waals surface area contributed by atoms with Crippen LogP contribution in [0.4, 0.5) is 0 Å². The molecule has 5 aromatic rings. The molecule has 0 unspecified atom stereocenters. The molecule has 6 rings (SSSR count). The molecule has 5 atom stereocenters. The average molecular weight is 568 g/mol. The topological polar surface area (TPSA) is 93.0 Å². The first kappa shape index (κ1) is 28.3. The van der Waals surface area contributed by atoms with Crippen LogP contribution in [-0.4, -0.2) is 31.6 Å². The molecule has 1 aliphatic rings. The van der Waals surface area contributed by atoms with E-state index in [2.05, 4.69) is 15.0 Å². The summed E-state index contributed by atoms with van der Waals surface area (Å²) in [6.45, 7) is 4.01. The van der Waals surface area contributed by atoms with E-state index in [4.69, 9.17) is 0 Å². The van der Waals surface area contributed by atoms with Crippen LogP contribution < -0.4 is 0 Å². The normalized spacial score (nSPS) is 23.4. The summed E-state index contributed by atoms with van der Waals surface area (Å²) in [5.74, 6) is -3.42. The molecule has 0 spiro atoms. The lowest BCUT2D eigenvalue weighted by Crippen LogP contribution is -2.54. The molecule has 6 nitrogen and oxygen atoms in total. The maximum Gasteiger partial charge on any atom is 0.188 e. The van der Waals surface area contributed by atoms with Crippen LogP contribution in [0.1, 0.15) is 67.2 Å². The Kier molecular flexibility index (Phi) is 7.78. The standard InChI is InChI=1S/C37H33N3O3/c1-24-12-16-26(17-13-24)28-23-37(43,31-11-5-8-22-40-31)34(36(42)30-10-4-7-21-39-30)32(27-18-14-25(2)15-19-27)33(28)35(41)29-9-3-6-20-38-29/h3-22,28,32-34,43H,23H2,1-2H3/t28-,32+,33+,34+,37-/m0/s1. The Morgan fingerprint density at radius 2 is 1.16 bits per heavy atom. The molecule has 2 aromatic carbocycles. The predicted octanol–water partition coefficient (Wildman–Crippen LogP) is 6.65. The number of hydrogen-bond donors (Lipinski definition) is 1. The lowest BCUT2D eigenvalue weighted by atomic mass is 9.53. The minimum Gasteiger partial charge on any atom is -0.383 e. The quantitative estimate of drug-likeness (QED) is 0.222. The zero-order chi connectivity index (χ0) is 30.0. The van der Waals surface area contributed by atoms with Crippen molar-refractivity contribution in [1.82, 2.24) is 15.0 Å². The van der Waals surface area contributed by atoms with Crippen molar-refractivity contribution < 1.29 is 14.7 Å². The SMILES string of the molecule is Cc1ccc([C@@H]2[C@H](C(=O)c3ccccn3)[C@H](c3ccc(C)cc3)C[C@](O)(c3ccccn3)[C@H]2C(=O)c2ccccn2)cc1. The van der Waals surface area contributed by atoms with Gasteiger partial charge in [-0.2, -0.15) is 0 Å². The fourth-order valence-corrected chi connectivity index (χ4v) is 6.63. The zero-order valence-corrected chi connectivity index (χ0v) is 24.2. The summed E-state index contributed by atoms with van der Waals surface area (Å²) >= 11 is 0. The third kappa shape index (κ3) is 5.42. The molecule has 214 valence electrons. The van der Waals surface area contributed by atoms with Crippen LogP contribution in [0.15, 0.2) is 122 Å². The smallest absolute Gasteiger partial charge is 0.188 e. The second-order valence-electron chi connectivity index (χ2n) is 11.5. The van der Waals surface area contributed by atoms with Crippen LogP contribution in [0.2, 0.25) is 0 Å². The van der Waals surface area contributed by atoms with E-state index in [1.807, 2.05) is 68.4 Å². The molecule has 1 saturated carbocycles. The van der Waals surface area contributed by atoms with Crippen LogP contribution in [0, 0.1) is 25.7 Å². The van der Waals surface area contributed by atoms with Crippen molar-refractivity contribution in [1.29, 1.82) is 0 Å². The second-order valence-corrected chi connectivity index (χ2v) is 11.5. The van der Waals surface area contributed by atoms with Crippen LogP contribution >= 0.6 is 0 Å². The van der Waals surface area contributed by atoms with Gasteiger partial charge in [-0.25, -0.2) is 0 Å². The number of carbonyl (C=O) groups excluding carboxylic acids is 2. The third-order valence-electron chi connectivity index (χ3n) is 8.72. The highest BCUT2D eigenvalue weighted by Gasteiger charge is 2.59. The van der Waals surface area contributed by atoms with Gasteiger partial charge in [0.25, 0.3) is 0 Å². The molecule has 0 saturated heterocycles. The number of aryl methyl sites for hydroxylation is 2. The number of benzene rings is 2. The highest BCUT2D eigenvalue weighted by molar-refractivity contribution is 6.01. The number of Topliss-reactive ketones (excluding diaryl/α,β-unsaturated/α-hetero) is 2. The number of hydrogen-bond acceptors (Lipinski definition) is 6. The maximum atomic E-state index is 14.7. The Hall–Kier alpha value is -4.81. The van der Waals surface area contributed by atoms with E-state index in [9.17, 15) is 14.7 Å². The third-order valence-corrected chi connectivity index (χ3v) is 8.72. The highest BCUT2D eigenvalue weighted by atomic mass is 16.3. The van der Waals surface area contributed by atoms with Crippen molar-refractivity contribution in [2.45, 2.75) is 37.7 Å². The van der Waals surface area contributed by atoms with Crippen LogP contribution in [-0.2, 0) is 5.60 Å². The van der Waals surface area contributed by atoms with E-state index in [1.165, 1.54) is 0 Å². The van der Waals surface area contributed by atoms with Gasteiger partial charge in [0, 0.05) is 30.4 Å². The minimum absolute atomic E-state index is 0.113. The van der Waals surface area contributed by atoms with Crippen molar-refractivity contribution in [2.24, 2.45) is 11.8 Å². The Labute approximate surface area is 251 Å². The molecule has 43 heavy (non-hydrogen) atoms. The molecule has 0 radical (unpaired) electrons. The number of ketones is 2. The van der Waals surface area contributed by atoms with Crippen molar-refractivity contribution >= 4 is 11.6 Å². The summed E-state index contributed by atoms with van der Waals surface area (Å²) in [5.41, 5.74) is 3.09. The number of aromatic nitrogens is 3.